The summed E-state index contributed by atoms with van der Waals surface area (Å²) >= 11 is 0. The van der Waals surface area contributed by atoms with Gasteiger partial charge in [-0.05, 0) is 0 Å². The number of hydrogen-bond acceptors (Lipinski definition) is 3. The van der Waals surface area contributed by atoms with Crippen molar-refractivity contribution in [3.8, 4) is 0 Å². The maximum atomic E-state index is 11.2. The van der Waals surface area contributed by atoms with Crippen molar-refractivity contribution in [1.82, 2.24) is 0 Å². The highest BCUT2D eigenvalue weighted by atomic mass is 19.4. The van der Waals surface area contributed by atoms with Gasteiger partial charge in [0.25, 0.3) is 0 Å². The Morgan fingerprint density at radius 2 is 1.70 bits per heavy atom. The summed E-state index contributed by atoms with van der Waals surface area (Å²) in [6.45, 7) is 2.41. The maximum absolute atomic E-state index is 11.2. The lowest BCUT2D eigenvalue weighted by molar-refractivity contribution is -0.200. The lowest BCUT2D eigenvalue weighted by atomic mass is 10.6. The Balaban J connectivity index is 3.99. The molecule has 0 rings (SSSR count). The summed E-state index contributed by atoms with van der Waals surface area (Å²) in [6.07, 6.45) is -5.13. The van der Waals surface area contributed by atoms with Crippen LogP contribution >= 0.6 is 0 Å². The van der Waals surface area contributed by atoms with Gasteiger partial charge < -0.3 is 4.74 Å². The number of hydrogen-bond donors (Lipinski definition) is 0. The van der Waals surface area contributed by atoms with Crippen molar-refractivity contribution in [2.24, 2.45) is 0 Å². The van der Waals surface area contributed by atoms with Gasteiger partial charge in [-0.1, -0.05) is 0 Å². The molecule has 57 valence electrons. The molecule has 0 fully saturated rings. The summed E-state index contributed by atoms with van der Waals surface area (Å²) in [5, 5.41) is 0. The van der Waals surface area contributed by atoms with Crippen molar-refractivity contribution in [2.75, 3.05) is 0 Å². The van der Waals surface area contributed by atoms with E-state index in [1.807, 2.05) is 0 Å². The van der Waals surface area contributed by atoms with E-state index in [2.05, 4.69) is 11.7 Å². The molecule has 0 unspecified atom stereocenters. The van der Waals surface area contributed by atoms with E-state index in [-0.39, 0.29) is 0 Å². The van der Waals surface area contributed by atoms with Crippen LogP contribution in [-0.4, -0.2) is 18.1 Å². The fraction of sp³-hybridized carbons (Fsp3) is 0.250. The SMILES string of the molecule is [CH2]C(=O)OC(=O)C(F)(F)F. The number of rotatable bonds is 0. The van der Waals surface area contributed by atoms with E-state index in [0.29, 0.717) is 0 Å². The van der Waals surface area contributed by atoms with E-state index in [0.717, 1.165) is 0 Å². The minimum atomic E-state index is -5.13. The van der Waals surface area contributed by atoms with Gasteiger partial charge in [0, 0.05) is 0 Å². The molecule has 0 aromatic rings. The van der Waals surface area contributed by atoms with E-state index in [1.165, 1.54) is 0 Å². The molecule has 0 aromatic carbocycles. The van der Waals surface area contributed by atoms with Crippen LogP contribution in [0, 0.1) is 6.92 Å². The fourth-order valence-electron chi connectivity index (χ4n) is 0.161. The first kappa shape index (κ1) is 8.93. The third kappa shape index (κ3) is 3.06. The Morgan fingerprint density at radius 1 is 1.30 bits per heavy atom. The van der Waals surface area contributed by atoms with E-state index >= 15 is 0 Å². The number of carbonyl (C=O) groups excluding carboxylic acids is 2. The molecule has 0 atom stereocenters. The Hall–Kier alpha value is -1.07. The Kier molecular flexibility index (Phi) is 2.39. The molecule has 0 spiro atoms. The summed E-state index contributed by atoms with van der Waals surface area (Å²) in [4.78, 5) is 19.3. The molecule has 0 aromatic heterocycles. The third-order valence-electron chi connectivity index (χ3n) is 0.438. The standard InChI is InChI=1S/C4H2F3O3/c1-2(8)10-3(9)4(5,6)7/h1H2. The zero-order valence-corrected chi connectivity index (χ0v) is 4.57. The van der Waals surface area contributed by atoms with Crippen LogP contribution in [0.25, 0.3) is 0 Å². The average molecular weight is 155 g/mol. The van der Waals surface area contributed by atoms with Crippen LogP contribution < -0.4 is 0 Å². The third-order valence-corrected chi connectivity index (χ3v) is 0.438. The topological polar surface area (TPSA) is 43.4 Å². The Labute approximate surface area is 53.8 Å². The van der Waals surface area contributed by atoms with Crippen molar-refractivity contribution in [2.45, 2.75) is 6.18 Å². The molecule has 3 nitrogen and oxygen atoms in total. The molecule has 6 heteroatoms. The lowest BCUT2D eigenvalue weighted by Gasteiger charge is -2.01. The molecule has 0 aliphatic heterocycles. The summed E-state index contributed by atoms with van der Waals surface area (Å²) in [5.74, 6) is -4.07. The first-order valence-corrected chi connectivity index (χ1v) is 1.99. The summed E-state index contributed by atoms with van der Waals surface area (Å²) in [5.41, 5.74) is 0. The predicted molar refractivity (Wildman–Crippen MR) is 22.5 cm³/mol. The Bertz CT molecular complexity index is 160. The molecule has 1 radical (unpaired) electrons. The number of esters is 2. The van der Waals surface area contributed by atoms with Crippen LogP contribution in [0.2, 0.25) is 0 Å². The van der Waals surface area contributed by atoms with Gasteiger partial charge in [0.15, 0.2) is 0 Å². The normalized spacial score (nSPS) is 10.8. The van der Waals surface area contributed by atoms with Gasteiger partial charge >= 0.3 is 18.1 Å². The van der Waals surface area contributed by atoms with Crippen LogP contribution in [-0.2, 0) is 14.3 Å². The molecular weight excluding hydrogens is 153 g/mol. The quantitative estimate of drug-likeness (QED) is 0.376. The van der Waals surface area contributed by atoms with Crippen molar-refractivity contribution in [3.63, 3.8) is 0 Å². The first-order chi connectivity index (χ1) is 4.34. The van der Waals surface area contributed by atoms with Gasteiger partial charge in [0.1, 0.15) is 0 Å². The van der Waals surface area contributed by atoms with Crippen LogP contribution in [0.5, 0.6) is 0 Å². The van der Waals surface area contributed by atoms with Gasteiger partial charge in [-0.3, -0.25) is 4.79 Å². The number of halogens is 3. The minimum Gasteiger partial charge on any atom is -0.386 e. The summed E-state index contributed by atoms with van der Waals surface area (Å²) in [6, 6.07) is 0. The zero-order valence-electron chi connectivity index (χ0n) is 4.57. The number of carbonyl (C=O) groups is 2. The van der Waals surface area contributed by atoms with Crippen molar-refractivity contribution in [1.29, 1.82) is 0 Å². The van der Waals surface area contributed by atoms with E-state index in [9.17, 15) is 22.8 Å². The van der Waals surface area contributed by atoms with Gasteiger partial charge in [-0.2, -0.15) is 13.2 Å². The first-order valence-electron chi connectivity index (χ1n) is 1.99. The van der Waals surface area contributed by atoms with Crippen molar-refractivity contribution < 1.29 is 27.5 Å². The van der Waals surface area contributed by atoms with Crippen LogP contribution in [0.4, 0.5) is 13.2 Å². The maximum Gasteiger partial charge on any atom is 0.491 e. The second-order valence-corrected chi connectivity index (χ2v) is 1.26. The average Bonchev–Trinajstić information content (AvgIpc) is 1.60. The monoisotopic (exact) mass is 155 g/mol. The second-order valence-electron chi connectivity index (χ2n) is 1.26. The Morgan fingerprint density at radius 3 is 1.80 bits per heavy atom. The molecule has 10 heavy (non-hydrogen) atoms. The van der Waals surface area contributed by atoms with E-state index in [1.54, 1.807) is 0 Å². The lowest BCUT2D eigenvalue weighted by Crippen LogP contribution is -2.27. The highest BCUT2D eigenvalue weighted by Gasteiger charge is 2.41. The zero-order chi connectivity index (χ0) is 8.36. The van der Waals surface area contributed by atoms with E-state index in [4.69, 9.17) is 0 Å². The van der Waals surface area contributed by atoms with E-state index < -0.39 is 18.1 Å². The second kappa shape index (κ2) is 2.68. The number of alkyl halides is 3. The molecule has 0 heterocycles. The van der Waals surface area contributed by atoms with Gasteiger partial charge in [0.2, 0.25) is 0 Å². The molecule has 0 aliphatic rings. The van der Waals surface area contributed by atoms with Gasteiger partial charge in [0.05, 0.1) is 6.92 Å². The van der Waals surface area contributed by atoms with Crippen LogP contribution in [0.3, 0.4) is 0 Å². The van der Waals surface area contributed by atoms with Crippen LogP contribution in [0.1, 0.15) is 0 Å². The van der Waals surface area contributed by atoms with Gasteiger partial charge in [-0.25, -0.2) is 4.79 Å². The van der Waals surface area contributed by atoms with Crippen LogP contribution in [0.15, 0.2) is 0 Å². The molecule has 0 saturated heterocycles. The predicted octanol–water partition coefficient (Wildman–Crippen LogP) is 0.453. The minimum absolute atomic E-state index is 1.53. The summed E-state index contributed by atoms with van der Waals surface area (Å²) < 4.78 is 36.6. The highest BCUT2D eigenvalue weighted by Crippen LogP contribution is 2.16. The highest BCUT2D eigenvalue weighted by molar-refractivity contribution is 5.90. The molecule has 0 saturated carbocycles. The van der Waals surface area contributed by atoms with Crippen molar-refractivity contribution in [3.05, 3.63) is 6.92 Å². The molecule has 0 amide bonds. The molecule has 0 aliphatic carbocycles. The number of ether oxygens (including phenoxy) is 1. The largest absolute Gasteiger partial charge is 0.491 e. The molecular formula is C4H2F3O3. The molecule has 0 bridgehead atoms. The molecule has 0 N–H and O–H groups in total. The van der Waals surface area contributed by atoms with Gasteiger partial charge in [-0.15, -0.1) is 0 Å². The van der Waals surface area contributed by atoms with Crippen molar-refractivity contribution >= 4 is 11.9 Å². The smallest absolute Gasteiger partial charge is 0.386 e. The summed E-state index contributed by atoms with van der Waals surface area (Å²) in [7, 11) is 0. The fourth-order valence-corrected chi connectivity index (χ4v) is 0.161.